The number of nitrogens with one attached hydrogen (secondary N) is 2. The first-order valence-electron chi connectivity index (χ1n) is 11.5. The normalized spacial score (nSPS) is 17.3. The van der Waals surface area contributed by atoms with Gasteiger partial charge in [-0.25, -0.2) is 18.4 Å². The van der Waals surface area contributed by atoms with Crippen molar-refractivity contribution in [3.8, 4) is 0 Å². The predicted molar refractivity (Wildman–Crippen MR) is 135 cm³/mol. The van der Waals surface area contributed by atoms with Crippen molar-refractivity contribution in [3.05, 3.63) is 65.5 Å². The van der Waals surface area contributed by atoms with E-state index in [9.17, 15) is 21.6 Å². The minimum atomic E-state index is -4.72. The molecule has 2 aromatic heterocycles. The van der Waals surface area contributed by atoms with Gasteiger partial charge in [-0.2, -0.15) is 18.2 Å². The number of alkyl halides is 3. The third kappa shape index (κ3) is 6.49. The molecule has 0 amide bonds. The molecule has 1 aliphatic heterocycles. The number of halogens is 3. The number of rotatable bonds is 8. The van der Waals surface area contributed by atoms with Crippen LogP contribution < -0.4 is 14.9 Å². The molecular weight excluding hydrogens is 525 g/mol. The second-order valence-electron chi connectivity index (χ2n) is 9.09. The third-order valence-electron chi connectivity index (χ3n) is 5.75. The quantitative estimate of drug-likeness (QED) is 0.417. The van der Waals surface area contributed by atoms with E-state index in [1.807, 2.05) is 26.0 Å². The Labute approximate surface area is 218 Å². The van der Waals surface area contributed by atoms with Crippen molar-refractivity contribution in [3.63, 3.8) is 0 Å². The summed E-state index contributed by atoms with van der Waals surface area (Å²) in [4.78, 5) is 11.9. The topological polar surface area (TPSA) is 119 Å². The molecule has 3 aromatic rings. The summed E-state index contributed by atoms with van der Waals surface area (Å²) >= 11 is 0. The summed E-state index contributed by atoms with van der Waals surface area (Å²) in [6.45, 7) is 3.90. The fourth-order valence-corrected chi connectivity index (χ4v) is 4.21. The number of hydrogen-bond donors (Lipinski definition) is 2. The largest absolute Gasteiger partial charge is 0.421 e. The van der Waals surface area contributed by atoms with Gasteiger partial charge in [0, 0.05) is 37.2 Å². The highest BCUT2D eigenvalue weighted by atomic mass is 32.2. The molecule has 14 heteroatoms. The SMILES string of the molecule is CN(c1ncccc1CNc1nc(Nc2ccc(C3COC(C)(C)O3)cc2)ncc1C(F)(F)F)S(C)(=O)=O. The molecule has 0 saturated carbocycles. The summed E-state index contributed by atoms with van der Waals surface area (Å²) in [6.07, 6.45) is -1.86. The standard InChI is InChI=1S/C24H27F3N6O4S/c1-23(2)36-14-19(37-23)15-7-9-17(10-8-15)31-22-30-13-18(24(25,26)27)20(32-22)29-12-16-6-5-11-28-21(16)33(3)38(4,34)35/h5-11,13,19H,12,14H2,1-4H3,(H2,29,30,31,32). The van der Waals surface area contributed by atoms with E-state index in [0.717, 1.165) is 16.1 Å². The molecule has 10 nitrogen and oxygen atoms in total. The fraction of sp³-hybridized carbons (Fsp3) is 0.375. The summed E-state index contributed by atoms with van der Waals surface area (Å²) in [5.74, 6) is -1.12. The Morgan fingerprint density at radius 1 is 1.16 bits per heavy atom. The Bertz CT molecular complexity index is 1400. The maximum Gasteiger partial charge on any atom is 0.421 e. The number of hydrogen-bond acceptors (Lipinski definition) is 9. The molecule has 3 heterocycles. The summed E-state index contributed by atoms with van der Waals surface area (Å²) in [5, 5.41) is 5.56. The van der Waals surface area contributed by atoms with Crippen molar-refractivity contribution in [2.45, 2.75) is 38.5 Å². The van der Waals surface area contributed by atoms with Crippen molar-refractivity contribution in [1.29, 1.82) is 0 Å². The predicted octanol–water partition coefficient (Wildman–Crippen LogP) is 4.47. The van der Waals surface area contributed by atoms with E-state index < -0.39 is 33.4 Å². The summed E-state index contributed by atoms with van der Waals surface area (Å²) in [6, 6.07) is 10.2. The van der Waals surface area contributed by atoms with Crippen LogP contribution in [-0.4, -0.2) is 49.1 Å². The average molecular weight is 553 g/mol. The van der Waals surface area contributed by atoms with Gasteiger partial charge in [0.25, 0.3) is 0 Å². The molecule has 1 saturated heterocycles. The van der Waals surface area contributed by atoms with E-state index in [0.29, 0.717) is 24.1 Å². The Balaban J connectivity index is 1.54. The van der Waals surface area contributed by atoms with E-state index in [4.69, 9.17) is 9.47 Å². The molecule has 204 valence electrons. The molecule has 0 aliphatic carbocycles. The van der Waals surface area contributed by atoms with Gasteiger partial charge in [-0.3, -0.25) is 4.31 Å². The molecule has 0 spiro atoms. The van der Waals surface area contributed by atoms with Crippen LogP contribution in [0.5, 0.6) is 0 Å². The zero-order valence-electron chi connectivity index (χ0n) is 21.1. The molecule has 2 N–H and O–H groups in total. The van der Waals surface area contributed by atoms with Crippen molar-refractivity contribution >= 4 is 33.3 Å². The van der Waals surface area contributed by atoms with Gasteiger partial charge in [0.2, 0.25) is 16.0 Å². The second kappa shape index (κ2) is 10.3. The highest BCUT2D eigenvalue weighted by Crippen LogP contribution is 2.35. The number of benzene rings is 1. The van der Waals surface area contributed by atoms with Crippen LogP contribution >= 0.6 is 0 Å². The Morgan fingerprint density at radius 2 is 1.87 bits per heavy atom. The highest BCUT2D eigenvalue weighted by molar-refractivity contribution is 7.92. The fourth-order valence-electron chi connectivity index (χ4n) is 3.73. The van der Waals surface area contributed by atoms with Crippen LogP contribution in [0.2, 0.25) is 0 Å². The molecule has 38 heavy (non-hydrogen) atoms. The van der Waals surface area contributed by atoms with E-state index in [1.54, 1.807) is 24.3 Å². The van der Waals surface area contributed by atoms with E-state index in [2.05, 4.69) is 25.6 Å². The van der Waals surface area contributed by atoms with Gasteiger partial charge in [-0.15, -0.1) is 0 Å². The zero-order chi connectivity index (χ0) is 27.7. The van der Waals surface area contributed by atoms with Crippen molar-refractivity contribution in [1.82, 2.24) is 15.0 Å². The Morgan fingerprint density at radius 3 is 2.47 bits per heavy atom. The summed E-state index contributed by atoms with van der Waals surface area (Å²) < 4.78 is 77.3. The Kier molecular flexibility index (Phi) is 7.50. The van der Waals surface area contributed by atoms with Crippen LogP contribution in [0.4, 0.5) is 36.4 Å². The van der Waals surface area contributed by atoms with Gasteiger partial charge in [0.15, 0.2) is 5.79 Å². The number of pyridine rings is 1. The first-order chi connectivity index (χ1) is 17.7. The third-order valence-corrected chi connectivity index (χ3v) is 6.92. The molecule has 1 fully saturated rings. The van der Waals surface area contributed by atoms with E-state index in [1.165, 1.54) is 13.2 Å². The number of aromatic nitrogens is 3. The van der Waals surface area contributed by atoms with E-state index >= 15 is 0 Å². The average Bonchev–Trinajstić information content (AvgIpc) is 3.21. The molecule has 1 aromatic carbocycles. The molecule has 1 atom stereocenters. The van der Waals surface area contributed by atoms with Gasteiger partial charge in [0.05, 0.1) is 12.9 Å². The van der Waals surface area contributed by atoms with Crippen LogP contribution in [0.25, 0.3) is 0 Å². The van der Waals surface area contributed by atoms with Gasteiger partial charge >= 0.3 is 6.18 Å². The number of anilines is 4. The lowest BCUT2D eigenvalue weighted by atomic mass is 10.1. The summed E-state index contributed by atoms with van der Waals surface area (Å²) in [5.41, 5.74) is 0.741. The summed E-state index contributed by atoms with van der Waals surface area (Å²) in [7, 11) is -2.32. The molecule has 0 radical (unpaired) electrons. The molecule has 0 bridgehead atoms. The molecule has 1 aliphatic rings. The number of sulfonamides is 1. The minimum Gasteiger partial charge on any atom is -0.365 e. The maximum absolute atomic E-state index is 13.7. The highest BCUT2D eigenvalue weighted by Gasteiger charge is 2.36. The lowest BCUT2D eigenvalue weighted by Crippen LogP contribution is -2.27. The zero-order valence-corrected chi connectivity index (χ0v) is 21.9. The maximum atomic E-state index is 13.7. The molecule has 4 rings (SSSR count). The first-order valence-corrected chi connectivity index (χ1v) is 13.3. The van der Waals surface area contributed by atoms with E-state index in [-0.39, 0.29) is 24.4 Å². The minimum absolute atomic E-state index is 0.0607. The van der Waals surface area contributed by atoms with Crippen molar-refractivity contribution < 1.29 is 31.1 Å². The van der Waals surface area contributed by atoms with Gasteiger partial charge in [-0.05, 0) is 37.6 Å². The number of ether oxygens (including phenoxy) is 2. The Hall–Kier alpha value is -3.49. The smallest absolute Gasteiger partial charge is 0.365 e. The van der Waals surface area contributed by atoms with Crippen LogP contribution in [0.1, 0.15) is 36.6 Å². The molecule has 1 unspecified atom stereocenters. The monoisotopic (exact) mass is 552 g/mol. The van der Waals surface area contributed by atoms with Crippen LogP contribution in [0.3, 0.4) is 0 Å². The lowest BCUT2D eigenvalue weighted by molar-refractivity contribution is -0.139. The van der Waals surface area contributed by atoms with Gasteiger partial charge < -0.3 is 20.1 Å². The van der Waals surface area contributed by atoms with Crippen LogP contribution in [0, 0.1) is 0 Å². The second-order valence-corrected chi connectivity index (χ2v) is 11.1. The van der Waals surface area contributed by atoms with Gasteiger partial charge in [0.1, 0.15) is 23.3 Å². The van der Waals surface area contributed by atoms with Crippen molar-refractivity contribution in [2.75, 3.05) is 34.8 Å². The van der Waals surface area contributed by atoms with Crippen molar-refractivity contribution in [2.24, 2.45) is 0 Å². The number of nitrogens with zero attached hydrogens (tertiary/aromatic N) is 4. The lowest BCUT2D eigenvalue weighted by Gasteiger charge is -2.20. The van der Waals surface area contributed by atoms with Gasteiger partial charge in [-0.1, -0.05) is 18.2 Å². The van der Waals surface area contributed by atoms with Crippen LogP contribution in [0.15, 0.2) is 48.8 Å². The first kappa shape index (κ1) is 27.5. The van der Waals surface area contributed by atoms with Crippen LogP contribution in [-0.2, 0) is 32.2 Å². The molecular formula is C24H27F3N6O4S.